The summed E-state index contributed by atoms with van der Waals surface area (Å²) < 4.78 is 0. The Morgan fingerprint density at radius 3 is 2.92 bits per heavy atom. The number of carbonyl (C=O) groups excluding carboxylic acids is 1. The third-order valence-electron chi connectivity index (χ3n) is 2.72. The van der Waals surface area contributed by atoms with E-state index in [0.29, 0.717) is 12.3 Å². The summed E-state index contributed by atoms with van der Waals surface area (Å²) in [6, 6.07) is 0.226. The molecule has 2 N–H and O–H groups in total. The van der Waals surface area contributed by atoms with Crippen molar-refractivity contribution in [3.05, 3.63) is 0 Å². The van der Waals surface area contributed by atoms with Crippen molar-refractivity contribution < 1.29 is 9.90 Å². The maximum absolute atomic E-state index is 11.3. The van der Waals surface area contributed by atoms with Gasteiger partial charge in [-0.3, -0.25) is 4.79 Å². The Kier molecular flexibility index (Phi) is 4.22. The smallest absolute Gasteiger partial charge is 0.220 e. The molecular formula is C10H19NO2. The Hall–Kier alpha value is -0.570. The molecular weight excluding hydrogens is 166 g/mol. The van der Waals surface area contributed by atoms with Gasteiger partial charge in [-0.2, -0.15) is 0 Å². The molecule has 1 fully saturated rings. The summed E-state index contributed by atoms with van der Waals surface area (Å²) >= 11 is 0. The number of nitrogens with one attached hydrogen (secondary N) is 1. The lowest BCUT2D eigenvalue weighted by Gasteiger charge is -2.18. The monoisotopic (exact) mass is 185 g/mol. The number of hydrogen-bond acceptors (Lipinski definition) is 2. The Bertz CT molecular complexity index is 170. The van der Waals surface area contributed by atoms with Gasteiger partial charge in [0.2, 0.25) is 5.91 Å². The molecule has 0 heterocycles. The average molecular weight is 185 g/mol. The molecule has 0 aromatic heterocycles. The van der Waals surface area contributed by atoms with E-state index in [1.807, 2.05) is 6.92 Å². The maximum Gasteiger partial charge on any atom is 0.220 e. The zero-order chi connectivity index (χ0) is 9.68. The van der Waals surface area contributed by atoms with Gasteiger partial charge in [0, 0.05) is 25.0 Å². The molecule has 1 aliphatic rings. The van der Waals surface area contributed by atoms with Crippen molar-refractivity contribution in [2.75, 3.05) is 6.61 Å². The van der Waals surface area contributed by atoms with Gasteiger partial charge in [-0.1, -0.05) is 13.3 Å². The molecule has 1 aliphatic carbocycles. The van der Waals surface area contributed by atoms with E-state index in [9.17, 15) is 4.79 Å². The minimum atomic E-state index is 0.132. The summed E-state index contributed by atoms with van der Waals surface area (Å²) in [7, 11) is 0. The average Bonchev–Trinajstić information content (AvgIpc) is 2.52. The fourth-order valence-electron chi connectivity index (χ4n) is 1.95. The van der Waals surface area contributed by atoms with E-state index in [1.165, 1.54) is 0 Å². The van der Waals surface area contributed by atoms with Gasteiger partial charge in [0.15, 0.2) is 0 Å². The van der Waals surface area contributed by atoms with Crippen molar-refractivity contribution in [1.29, 1.82) is 0 Å². The van der Waals surface area contributed by atoms with Gasteiger partial charge in [-0.05, 0) is 19.3 Å². The molecule has 0 aromatic carbocycles. The number of carbonyl (C=O) groups is 1. The summed E-state index contributed by atoms with van der Waals surface area (Å²) in [5, 5.41) is 12.0. The Morgan fingerprint density at radius 2 is 2.31 bits per heavy atom. The number of amides is 1. The Morgan fingerprint density at radius 1 is 1.54 bits per heavy atom. The lowest BCUT2D eigenvalue weighted by Crippen LogP contribution is -2.38. The predicted molar refractivity (Wildman–Crippen MR) is 51.3 cm³/mol. The highest BCUT2D eigenvalue weighted by Gasteiger charge is 2.27. The summed E-state index contributed by atoms with van der Waals surface area (Å²) in [6.07, 6.45) is 4.70. The highest BCUT2D eigenvalue weighted by atomic mass is 16.3. The SMILES string of the molecule is CCCC(=O)NC1CCCC1CO. The topological polar surface area (TPSA) is 49.3 Å². The number of aliphatic hydroxyl groups excluding tert-OH is 1. The van der Waals surface area contributed by atoms with Gasteiger partial charge in [0.25, 0.3) is 0 Å². The second kappa shape index (κ2) is 5.22. The van der Waals surface area contributed by atoms with Crippen LogP contribution >= 0.6 is 0 Å². The Labute approximate surface area is 79.5 Å². The molecule has 3 nitrogen and oxygen atoms in total. The van der Waals surface area contributed by atoms with Crippen molar-refractivity contribution in [2.24, 2.45) is 5.92 Å². The Balaban J connectivity index is 2.30. The quantitative estimate of drug-likeness (QED) is 0.688. The van der Waals surface area contributed by atoms with E-state index in [-0.39, 0.29) is 18.6 Å². The normalized spacial score (nSPS) is 27.5. The van der Waals surface area contributed by atoms with Crippen molar-refractivity contribution in [3.63, 3.8) is 0 Å². The first-order valence-electron chi connectivity index (χ1n) is 5.18. The molecule has 3 heteroatoms. The van der Waals surface area contributed by atoms with Crippen LogP contribution in [0.25, 0.3) is 0 Å². The van der Waals surface area contributed by atoms with Crippen LogP contribution in [0.15, 0.2) is 0 Å². The second-order valence-electron chi connectivity index (χ2n) is 3.80. The first-order valence-corrected chi connectivity index (χ1v) is 5.18. The van der Waals surface area contributed by atoms with E-state index in [1.54, 1.807) is 0 Å². The van der Waals surface area contributed by atoms with Crippen LogP contribution in [0.5, 0.6) is 0 Å². The van der Waals surface area contributed by atoms with Crippen LogP contribution in [0.3, 0.4) is 0 Å². The fourth-order valence-corrected chi connectivity index (χ4v) is 1.95. The van der Waals surface area contributed by atoms with Crippen LogP contribution < -0.4 is 5.32 Å². The van der Waals surface area contributed by atoms with E-state index >= 15 is 0 Å². The number of hydrogen-bond donors (Lipinski definition) is 2. The van der Waals surface area contributed by atoms with Crippen molar-refractivity contribution in [1.82, 2.24) is 5.32 Å². The molecule has 0 spiro atoms. The van der Waals surface area contributed by atoms with Gasteiger partial charge >= 0.3 is 0 Å². The molecule has 0 aliphatic heterocycles. The van der Waals surface area contributed by atoms with E-state index < -0.39 is 0 Å². The molecule has 1 amide bonds. The molecule has 1 rings (SSSR count). The molecule has 0 radical (unpaired) electrons. The van der Waals surface area contributed by atoms with Crippen molar-refractivity contribution >= 4 is 5.91 Å². The van der Waals surface area contributed by atoms with Crippen molar-refractivity contribution in [2.45, 2.75) is 45.1 Å². The van der Waals surface area contributed by atoms with Gasteiger partial charge in [0.1, 0.15) is 0 Å². The van der Waals surface area contributed by atoms with Gasteiger partial charge in [-0.15, -0.1) is 0 Å². The van der Waals surface area contributed by atoms with Crippen LogP contribution in [-0.4, -0.2) is 23.7 Å². The fraction of sp³-hybridized carbons (Fsp3) is 0.900. The lowest BCUT2D eigenvalue weighted by atomic mass is 10.1. The first-order chi connectivity index (χ1) is 6.27. The maximum atomic E-state index is 11.3. The molecule has 0 bridgehead atoms. The van der Waals surface area contributed by atoms with Crippen LogP contribution in [0, 0.1) is 5.92 Å². The molecule has 0 saturated heterocycles. The summed E-state index contributed by atoms with van der Waals surface area (Å²) in [6.45, 7) is 2.20. The molecule has 1 saturated carbocycles. The minimum Gasteiger partial charge on any atom is -0.396 e. The van der Waals surface area contributed by atoms with Gasteiger partial charge in [-0.25, -0.2) is 0 Å². The van der Waals surface area contributed by atoms with Crippen molar-refractivity contribution in [3.8, 4) is 0 Å². The molecule has 13 heavy (non-hydrogen) atoms. The summed E-state index contributed by atoms with van der Waals surface area (Å²) in [5.41, 5.74) is 0. The summed E-state index contributed by atoms with van der Waals surface area (Å²) in [5.74, 6) is 0.425. The van der Waals surface area contributed by atoms with Crippen LogP contribution in [0.2, 0.25) is 0 Å². The van der Waals surface area contributed by atoms with E-state index in [4.69, 9.17) is 5.11 Å². The van der Waals surface area contributed by atoms with Crippen LogP contribution in [-0.2, 0) is 4.79 Å². The zero-order valence-corrected chi connectivity index (χ0v) is 8.25. The van der Waals surface area contributed by atoms with Gasteiger partial charge < -0.3 is 10.4 Å². The second-order valence-corrected chi connectivity index (χ2v) is 3.80. The molecule has 2 unspecified atom stereocenters. The highest BCUT2D eigenvalue weighted by Crippen LogP contribution is 2.24. The van der Waals surface area contributed by atoms with E-state index in [2.05, 4.69) is 5.32 Å². The van der Waals surface area contributed by atoms with Crippen LogP contribution in [0.1, 0.15) is 39.0 Å². The zero-order valence-electron chi connectivity index (χ0n) is 8.25. The summed E-state index contributed by atoms with van der Waals surface area (Å²) in [4.78, 5) is 11.3. The van der Waals surface area contributed by atoms with Gasteiger partial charge in [0.05, 0.1) is 0 Å². The van der Waals surface area contributed by atoms with Crippen LogP contribution in [0.4, 0.5) is 0 Å². The third kappa shape index (κ3) is 2.99. The number of aliphatic hydroxyl groups is 1. The third-order valence-corrected chi connectivity index (χ3v) is 2.72. The highest BCUT2D eigenvalue weighted by molar-refractivity contribution is 5.76. The molecule has 2 atom stereocenters. The predicted octanol–water partition coefficient (Wildman–Crippen LogP) is 1.06. The number of rotatable bonds is 4. The lowest BCUT2D eigenvalue weighted by molar-refractivity contribution is -0.122. The minimum absolute atomic E-state index is 0.132. The molecule has 76 valence electrons. The standard InChI is InChI=1S/C10H19NO2/c1-2-4-10(13)11-9-6-3-5-8(9)7-12/h8-9,12H,2-7H2,1H3,(H,11,13). The first kappa shape index (κ1) is 10.5. The molecule has 0 aromatic rings. The largest absolute Gasteiger partial charge is 0.396 e. The van der Waals surface area contributed by atoms with E-state index in [0.717, 1.165) is 25.7 Å².